The zero-order chi connectivity index (χ0) is 36.6. The Morgan fingerprint density at radius 1 is 0.827 bits per heavy atom. The molecular formula is C39H42F5N5O3. The third kappa shape index (κ3) is 7.35. The van der Waals surface area contributed by atoms with Crippen molar-refractivity contribution in [1.29, 1.82) is 0 Å². The fourth-order valence-corrected chi connectivity index (χ4v) is 7.99. The number of aliphatic carboxylic acids is 1. The van der Waals surface area contributed by atoms with Gasteiger partial charge in [0.1, 0.15) is 11.5 Å². The summed E-state index contributed by atoms with van der Waals surface area (Å²) in [4.78, 5) is 37.0. The quantitative estimate of drug-likeness (QED) is 0.174. The lowest BCUT2D eigenvalue weighted by molar-refractivity contribution is -0.233. The standard InChI is InChI=1S/C39H42F5N5O3/c40-34(41)24-47-15-13-38(14-16-47,39(42,43)44)37(52)46-33(36(50)51)21-25-5-3-9-30-28(25)8-4-10-32(30)35-31-7-2-1-6-29(31)26(22-45-35)23-48-17-19-49(20-18-48)27-11-12-27/h1-10,22,27,33-34H,11-21,23-24H2,(H,46,52)(H,50,51)/t33-/m0/s1. The Balaban J connectivity index is 1.14. The number of nitrogens with zero attached hydrogens (tertiary/aromatic N) is 4. The average molecular weight is 724 g/mol. The Morgan fingerprint density at radius 3 is 2.12 bits per heavy atom. The van der Waals surface area contributed by atoms with E-state index in [1.165, 1.54) is 17.7 Å². The maximum Gasteiger partial charge on any atom is 0.403 e. The van der Waals surface area contributed by atoms with Crippen LogP contribution in [0.3, 0.4) is 0 Å². The number of piperidine rings is 1. The number of pyridine rings is 1. The second kappa shape index (κ2) is 14.7. The highest BCUT2D eigenvalue weighted by atomic mass is 19.4. The molecule has 0 unspecified atom stereocenters. The normalized spacial score (nSPS) is 19.7. The van der Waals surface area contributed by atoms with Crippen LogP contribution in [0.25, 0.3) is 32.8 Å². The van der Waals surface area contributed by atoms with Crippen molar-refractivity contribution in [1.82, 2.24) is 25.0 Å². The van der Waals surface area contributed by atoms with Gasteiger partial charge in [0.15, 0.2) is 0 Å². The molecule has 3 aromatic carbocycles. The van der Waals surface area contributed by atoms with E-state index in [4.69, 9.17) is 4.98 Å². The number of hydrogen-bond acceptors (Lipinski definition) is 6. The number of hydrogen-bond donors (Lipinski definition) is 2. The highest BCUT2D eigenvalue weighted by Crippen LogP contribution is 2.47. The van der Waals surface area contributed by atoms with Gasteiger partial charge in [0.2, 0.25) is 5.91 Å². The summed E-state index contributed by atoms with van der Waals surface area (Å²) >= 11 is 0. The van der Waals surface area contributed by atoms with Crippen molar-refractivity contribution in [2.75, 3.05) is 45.8 Å². The maximum atomic E-state index is 14.4. The van der Waals surface area contributed by atoms with E-state index in [9.17, 15) is 36.6 Å². The predicted octanol–water partition coefficient (Wildman–Crippen LogP) is 6.36. The number of likely N-dealkylation sites (tertiary alicyclic amines) is 1. The minimum absolute atomic E-state index is 0.269. The van der Waals surface area contributed by atoms with Gasteiger partial charge >= 0.3 is 12.1 Å². The van der Waals surface area contributed by atoms with Gasteiger partial charge in [-0.1, -0.05) is 60.7 Å². The number of amides is 1. The zero-order valence-corrected chi connectivity index (χ0v) is 28.7. The first-order chi connectivity index (χ1) is 24.9. The molecule has 2 saturated heterocycles. The molecule has 0 spiro atoms. The van der Waals surface area contributed by atoms with Gasteiger partial charge in [-0.15, -0.1) is 0 Å². The summed E-state index contributed by atoms with van der Waals surface area (Å²) in [5, 5.41) is 15.8. The van der Waals surface area contributed by atoms with Crippen LogP contribution in [0.4, 0.5) is 22.0 Å². The summed E-state index contributed by atoms with van der Waals surface area (Å²) < 4.78 is 69.1. The van der Waals surface area contributed by atoms with Gasteiger partial charge in [-0.3, -0.25) is 24.5 Å². The Morgan fingerprint density at radius 2 is 1.46 bits per heavy atom. The molecule has 0 bridgehead atoms. The number of aromatic nitrogens is 1. The number of alkyl halides is 5. The summed E-state index contributed by atoms with van der Waals surface area (Å²) in [7, 11) is 0. The number of piperazine rings is 1. The summed E-state index contributed by atoms with van der Waals surface area (Å²) in [6.45, 7) is 3.54. The average Bonchev–Trinajstić information content (AvgIpc) is 3.97. The number of nitrogens with one attached hydrogen (secondary N) is 1. The van der Waals surface area contributed by atoms with E-state index in [1.807, 2.05) is 48.7 Å². The fourth-order valence-electron chi connectivity index (χ4n) is 7.99. The molecule has 13 heteroatoms. The van der Waals surface area contributed by atoms with Crippen molar-refractivity contribution >= 4 is 33.4 Å². The first-order valence-corrected chi connectivity index (χ1v) is 17.9. The lowest BCUT2D eigenvalue weighted by Gasteiger charge is -2.41. The molecule has 4 aromatic rings. The van der Waals surface area contributed by atoms with Gasteiger partial charge in [0, 0.05) is 62.3 Å². The number of benzene rings is 3. The number of fused-ring (bicyclic) bond motifs is 2. The summed E-state index contributed by atoms with van der Waals surface area (Å²) in [6.07, 6.45) is -4.93. The molecule has 276 valence electrons. The molecule has 8 nitrogen and oxygen atoms in total. The predicted molar refractivity (Wildman–Crippen MR) is 188 cm³/mol. The van der Waals surface area contributed by atoms with Crippen molar-refractivity contribution in [3.8, 4) is 11.3 Å². The molecule has 2 aliphatic heterocycles. The van der Waals surface area contributed by atoms with Crippen LogP contribution >= 0.6 is 0 Å². The van der Waals surface area contributed by atoms with Crippen LogP contribution in [0.15, 0.2) is 66.9 Å². The van der Waals surface area contributed by atoms with E-state index in [-0.39, 0.29) is 19.5 Å². The Labute approximate surface area is 298 Å². The first-order valence-electron chi connectivity index (χ1n) is 17.9. The number of carboxylic acid groups (broad SMARTS) is 1. The van der Waals surface area contributed by atoms with Gasteiger partial charge in [-0.05, 0) is 66.1 Å². The van der Waals surface area contributed by atoms with Crippen LogP contribution < -0.4 is 5.32 Å². The molecule has 1 aromatic heterocycles. The molecule has 3 heterocycles. The topological polar surface area (TPSA) is 89.0 Å². The van der Waals surface area contributed by atoms with Crippen molar-refractivity contribution in [2.24, 2.45) is 5.41 Å². The lowest BCUT2D eigenvalue weighted by atomic mass is 9.76. The molecule has 2 N–H and O–H groups in total. The number of carboxylic acids is 1. The van der Waals surface area contributed by atoms with Crippen molar-refractivity contribution in [3.63, 3.8) is 0 Å². The molecule has 52 heavy (non-hydrogen) atoms. The number of carbonyl (C=O) groups excluding carboxylic acids is 1. The van der Waals surface area contributed by atoms with Crippen LogP contribution in [0.2, 0.25) is 0 Å². The monoisotopic (exact) mass is 723 g/mol. The number of carbonyl (C=O) groups is 2. The van der Waals surface area contributed by atoms with Gasteiger partial charge < -0.3 is 10.4 Å². The SMILES string of the molecule is O=C(O)[C@H](Cc1cccc2c(-c3ncc(CN4CCN(C5CC5)CC4)c4ccccc34)cccc12)NC(=O)C1(C(F)(F)F)CCN(CC(F)F)CC1. The van der Waals surface area contributed by atoms with Gasteiger partial charge in [0.05, 0.1) is 12.2 Å². The Kier molecular flexibility index (Phi) is 10.2. The second-order valence-corrected chi connectivity index (χ2v) is 14.4. The molecule has 1 aliphatic carbocycles. The smallest absolute Gasteiger partial charge is 0.403 e. The van der Waals surface area contributed by atoms with E-state index in [0.717, 1.165) is 71.7 Å². The van der Waals surface area contributed by atoms with Crippen LogP contribution in [0.5, 0.6) is 0 Å². The number of halogens is 5. The van der Waals surface area contributed by atoms with Crippen molar-refractivity contribution in [3.05, 3.63) is 78.0 Å². The molecule has 3 fully saturated rings. The largest absolute Gasteiger partial charge is 0.480 e. The molecule has 1 atom stereocenters. The third-order valence-electron chi connectivity index (χ3n) is 11.1. The second-order valence-electron chi connectivity index (χ2n) is 14.4. The van der Waals surface area contributed by atoms with E-state index >= 15 is 0 Å². The zero-order valence-electron chi connectivity index (χ0n) is 28.7. The van der Waals surface area contributed by atoms with Crippen LogP contribution in [-0.2, 0) is 22.6 Å². The molecular weight excluding hydrogens is 681 g/mol. The highest BCUT2D eigenvalue weighted by molar-refractivity contribution is 6.05. The van der Waals surface area contributed by atoms with E-state index in [2.05, 4.69) is 21.2 Å². The van der Waals surface area contributed by atoms with E-state index in [0.29, 0.717) is 10.9 Å². The Hall–Kier alpha value is -4.20. The van der Waals surface area contributed by atoms with Crippen LogP contribution in [0.1, 0.15) is 36.8 Å². The maximum absolute atomic E-state index is 14.4. The third-order valence-corrected chi connectivity index (χ3v) is 11.1. The first kappa shape index (κ1) is 36.2. The van der Waals surface area contributed by atoms with Crippen molar-refractivity contribution < 1.29 is 36.6 Å². The molecule has 3 aliphatic rings. The molecule has 7 rings (SSSR count). The molecule has 1 saturated carbocycles. The highest BCUT2D eigenvalue weighted by Gasteiger charge is 2.61. The van der Waals surface area contributed by atoms with Gasteiger partial charge in [0.25, 0.3) is 6.43 Å². The van der Waals surface area contributed by atoms with E-state index < -0.39 is 55.3 Å². The molecule has 0 radical (unpaired) electrons. The van der Waals surface area contributed by atoms with Crippen molar-refractivity contribution in [2.45, 2.75) is 63.3 Å². The summed E-state index contributed by atoms with van der Waals surface area (Å²) in [6, 6.07) is 18.2. The van der Waals surface area contributed by atoms with E-state index in [1.54, 1.807) is 12.1 Å². The number of rotatable bonds is 11. The minimum atomic E-state index is -5.00. The minimum Gasteiger partial charge on any atom is -0.480 e. The lowest BCUT2D eigenvalue weighted by Crippen LogP contribution is -2.59. The Bertz CT molecular complexity index is 1940. The fraction of sp³-hybridized carbons (Fsp3) is 0.462. The molecule has 1 amide bonds. The van der Waals surface area contributed by atoms with Crippen LogP contribution in [-0.4, -0.2) is 107 Å². The van der Waals surface area contributed by atoms with Crippen LogP contribution in [0, 0.1) is 5.41 Å². The summed E-state index contributed by atoms with van der Waals surface area (Å²) in [5.41, 5.74) is 0.369. The van der Waals surface area contributed by atoms with Gasteiger partial charge in [-0.25, -0.2) is 13.6 Å². The van der Waals surface area contributed by atoms with Gasteiger partial charge in [-0.2, -0.15) is 13.2 Å². The summed E-state index contributed by atoms with van der Waals surface area (Å²) in [5.74, 6) is -2.93.